The number of aromatic amines is 1. The Balaban J connectivity index is 2.07. The van der Waals surface area contributed by atoms with Crippen molar-refractivity contribution in [2.75, 3.05) is 6.54 Å². The predicted octanol–water partition coefficient (Wildman–Crippen LogP) is 2.71. The average molecular weight is 228 g/mol. The first-order valence-corrected chi connectivity index (χ1v) is 5.82. The van der Waals surface area contributed by atoms with E-state index in [1.165, 1.54) is 5.39 Å². The van der Waals surface area contributed by atoms with E-state index < -0.39 is 0 Å². The van der Waals surface area contributed by atoms with Crippen LogP contribution >= 0.6 is 0 Å². The molecule has 1 amide bonds. The highest BCUT2D eigenvalue weighted by Crippen LogP contribution is 2.14. The van der Waals surface area contributed by atoms with E-state index in [9.17, 15) is 4.79 Å². The minimum atomic E-state index is -0.0431. The maximum Gasteiger partial charge on any atom is 0.243 e. The summed E-state index contributed by atoms with van der Waals surface area (Å²) in [5, 5.41) is 3.98. The van der Waals surface area contributed by atoms with Crippen molar-refractivity contribution in [1.82, 2.24) is 10.3 Å². The fourth-order valence-electron chi connectivity index (χ4n) is 1.65. The monoisotopic (exact) mass is 228 g/mol. The highest BCUT2D eigenvalue weighted by molar-refractivity contribution is 5.92. The van der Waals surface area contributed by atoms with Crippen LogP contribution in [-0.4, -0.2) is 17.4 Å². The van der Waals surface area contributed by atoms with Gasteiger partial charge in [0.05, 0.1) is 0 Å². The molecular weight excluding hydrogens is 212 g/mol. The van der Waals surface area contributed by atoms with Crippen molar-refractivity contribution < 1.29 is 4.79 Å². The van der Waals surface area contributed by atoms with Crippen LogP contribution in [0.15, 0.2) is 36.5 Å². The molecule has 2 aromatic rings. The number of hydrogen-bond acceptors (Lipinski definition) is 1. The van der Waals surface area contributed by atoms with E-state index in [1.54, 1.807) is 6.08 Å². The van der Waals surface area contributed by atoms with Crippen molar-refractivity contribution in [2.24, 2.45) is 0 Å². The van der Waals surface area contributed by atoms with Gasteiger partial charge in [-0.25, -0.2) is 0 Å². The first-order chi connectivity index (χ1) is 8.29. The van der Waals surface area contributed by atoms with E-state index in [0.717, 1.165) is 24.0 Å². The largest absolute Gasteiger partial charge is 0.361 e. The fraction of sp³-hybridized carbons (Fsp3) is 0.214. The summed E-state index contributed by atoms with van der Waals surface area (Å²) in [6, 6.07) is 8.09. The molecule has 1 heterocycles. The van der Waals surface area contributed by atoms with Crippen molar-refractivity contribution in [3.63, 3.8) is 0 Å². The summed E-state index contributed by atoms with van der Waals surface area (Å²) in [5.41, 5.74) is 2.10. The fourth-order valence-corrected chi connectivity index (χ4v) is 1.65. The molecule has 0 aliphatic rings. The molecule has 0 fully saturated rings. The quantitative estimate of drug-likeness (QED) is 0.776. The van der Waals surface area contributed by atoms with Gasteiger partial charge in [-0.1, -0.05) is 19.1 Å². The molecule has 88 valence electrons. The Bertz CT molecular complexity index is 540. The maximum atomic E-state index is 11.4. The van der Waals surface area contributed by atoms with Crippen LogP contribution in [0.5, 0.6) is 0 Å². The van der Waals surface area contributed by atoms with Crippen LogP contribution in [0.25, 0.3) is 17.0 Å². The van der Waals surface area contributed by atoms with Crippen LogP contribution in [0, 0.1) is 0 Å². The number of amides is 1. The van der Waals surface area contributed by atoms with Crippen LogP contribution < -0.4 is 5.32 Å². The van der Waals surface area contributed by atoms with Gasteiger partial charge in [-0.05, 0) is 35.6 Å². The summed E-state index contributed by atoms with van der Waals surface area (Å²) in [5.74, 6) is -0.0431. The summed E-state index contributed by atoms with van der Waals surface area (Å²) in [4.78, 5) is 14.5. The standard InChI is InChI=1S/C14H16N2O/c1-2-8-16-14(17)6-4-11-3-5-12-7-9-15-13(12)10-11/h3-7,9-10,15H,2,8H2,1H3,(H,16,17). The summed E-state index contributed by atoms with van der Waals surface area (Å²) < 4.78 is 0. The second-order valence-electron chi connectivity index (χ2n) is 3.95. The Hall–Kier alpha value is -2.03. The first-order valence-electron chi connectivity index (χ1n) is 5.82. The number of hydrogen-bond donors (Lipinski definition) is 2. The van der Waals surface area contributed by atoms with Gasteiger partial charge in [0, 0.05) is 24.3 Å². The Labute approximate surface area is 101 Å². The SMILES string of the molecule is CCCNC(=O)C=Cc1ccc2cc[nH]c2c1. The third-order valence-electron chi connectivity index (χ3n) is 2.56. The molecule has 0 bridgehead atoms. The van der Waals surface area contributed by atoms with Gasteiger partial charge < -0.3 is 10.3 Å². The van der Waals surface area contributed by atoms with Crippen molar-refractivity contribution >= 4 is 22.9 Å². The lowest BCUT2D eigenvalue weighted by Gasteiger charge is -1.98. The zero-order chi connectivity index (χ0) is 12.1. The number of rotatable bonds is 4. The van der Waals surface area contributed by atoms with Crippen LogP contribution in [0.3, 0.4) is 0 Å². The molecule has 3 nitrogen and oxygen atoms in total. The minimum absolute atomic E-state index is 0.0431. The molecular formula is C14H16N2O. The topological polar surface area (TPSA) is 44.9 Å². The molecule has 0 saturated carbocycles. The van der Waals surface area contributed by atoms with E-state index in [0.29, 0.717) is 0 Å². The second kappa shape index (κ2) is 5.34. The van der Waals surface area contributed by atoms with E-state index in [1.807, 2.05) is 43.5 Å². The Morgan fingerprint density at radius 1 is 1.41 bits per heavy atom. The van der Waals surface area contributed by atoms with Crippen LogP contribution in [0.2, 0.25) is 0 Å². The number of carbonyl (C=O) groups is 1. The average Bonchev–Trinajstić information content (AvgIpc) is 2.81. The molecule has 2 N–H and O–H groups in total. The lowest BCUT2D eigenvalue weighted by Crippen LogP contribution is -2.21. The predicted molar refractivity (Wildman–Crippen MR) is 70.6 cm³/mol. The molecule has 1 aromatic heterocycles. The zero-order valence-corrected chi connectivity index (χ0v) is 9.86. The van der Waals surface area contributed by atoms with Gasteiger partial charge >= 0.3 is 0 Å². The van der Waals surface area contributed by atoms with Crippen LogP contribution in [0.1, 0.15) is 18.9 Å². The van der Waals surface area contributed by atoms with E-state index >= 15 is 0 Å². The van der Waals surface area contributed by atoms with E-state index in [2.05, 4.69) is 10.3 Å². The highest BCUT2D eigenvalue weighted by atomic mass is 16.1. The minimum Gasteiger partial charge on any atom is -0.361 e. The van der Waals surface area contributed by atoms with Crippen molar-refractivity contribution in [1.29, 1.82) is 0 Å². The Morgan fingerprint density at radius 3 is 3.12 bits per heavy atom. The summed E-state index contributed by atoms with van der Waals surface area (Å²) in [6.45, 7) is 2.75. The third-order valence-corrected chi connectivity index (χ3v) is 2.56. The summed E-state index contributed by atoms with van der Waals surface area (Å²) in [6.07, 6.45) is 6.26. The zero-order valence-electron chi connectivity index (χ0n) is 9.86. The maximum absolute atomic E-state index is 11.4. The molecule has 0 spiro atoms. The molecule has 3 heteroatoms. The summed E-state index contributed by atoms with van der Waals surface area (Å²) in [7, 11) is 0. The number of fused-ring (bicyclic) bond motifs is 1. The number of H-pyrrole nitrogens is 1. The molecule has 0 unspecified atom stereocenters. The van der Waals surface area contributed by atoms with Gasteiger partial charge in [-0.2, -0.15) is 0 Å². The lowest BCUT2D eigenvalue weighted by molar-refractivity contribution is -0.116. The van der Waals surface area contributed by atoms with Gasteiger partial charge in [0.15, 0.2) is 0 Å². The second-order valence-corrected chi connectivity index (χ2v) is 3.95. The molecule has 0 radical (unpaired) electrons. The molecule has 2 rings (SSSR count). The van der Waals surface area contributed by atoms with Crippen molar-refractivity contribution in [3.8, 4) is 0 Å². The van der Waals surface area contributed by atoms with E-state index in [4.69, 9.17) is 0 Å². The normalized spacial score (nSPS) is 11.1. The van der Waals surface area contributed by atoms with E-state index in [-0.39, 0.29) is 5.91 Å². The smallest absolute Gasteiger partial charge is 0.243 e. The third kappa shape index (κ3) is 2.97. The van der Waals surface area contributed by atoms with Crippen molar-refractivity contribution in [3.05, 3.63) is 42.1 Å². The molecule has 0 atom stereocenters. The molecule has 17 heavy (non-hydrogen) atoms. The van der Waals surface area contributed by atoms with Gasteiger partial charge in [-0.3, -0.25) is 4.79 Å². The van der Waals surface area contributed by atoms with Crippen molar-refractivity contribution in [2.45, 2.75) is 13.3 Å². The number of nitrogens with one attached hydrogen (secondary N) is 2. The van der Waals surface area contributed by atoms with Gasteiger partial charge in [0.2, 0.25) is 5.91 Å². The highest BCUT2D eigenvalue weighted by Gasteiger charge is 1.96. The van der Waals surface area contributed by atoms with Crippen LogP contribution in [0.4, 0.5) is 0 Å². The molecule has 0 aliphatic heterocycles. The van der Waals surface area contributed by atoms with Gasteiger partial charge in [-0.15, -0.1) is 0 Å². The number of carbonyl (C=O) groups excluding carboxylic acids is 1. The number of aromatic nitrogens is 1. The first kappa shape index (κ1) is 11.5. The molecule has 0 saturated heterocycles. The lowest BCUT2D eigenvalue weighted by atomic mass is 10.1. The summed E-state index contributed by atoms with van der Waals surface area (Å²) >= 11 is 0. The Morgan fingerprint density at radius 2 is 2.29 bits per heavy atom. The van der Waals surface area contributed by atoms with Crippen LogP contribution in [-0.2, 0) is 4.79 Å². The molecule has 1 aromatic carbocycles. The Kier molecular flexibility index (Phi) is 3.60. The van der Waals surface area contributed by atoms with Gasteiger partial charge in [0.25, 0.3) is 0 Å². The molecule has 0 aliphatic carbocycles. The van der Waals surface area contributed by atoms with Gasteiger partial charge in [0.1, 0.15) is 0 Å². The number of benzene rings is 1.